The summed E-state index contributed by atoms with van der Waals surface area (Å²) in [4.78, 5) is 11.5. The van der Waals surface area contributed by atoms with E-state index < -0.39 is 13.9 Å². The van der Waals surface area contributed by atoms with Crippen molar-refractivity contribution in [2.24, 2.45) is 0 Å². The molecular formula is C15H32O4Si. The van der Waals surface area contributed by atoms with Crippen LogP contribution in [-0.4, -0.2) is 39.2 Å². The highest BCUT2D eigenvalue weighted by atomic mass is 28.4. The molecule has 1 atom stereocenters. The first-order valence-electron chi connectivity index (χ1n) is 7.22. The zero-order chi connectivity index (χ0) is 16.2. The Balaban J connectivity index is 4.08. The average Bonchev–Trinajstić information content (AvgIpc) is 2.19. The SMILES string of the molecule is CC(CO[Si](C)(C)C(C)(C)C)OCC(=O)OC(C)(C)C. The first-order valence-corrected chi connectivity index (χ1v) is 10.1. The zero-order valence-corrected chi connectivity index (χ0v) is 15.6. The summed E-state index contributed by atoms with van der Waals surface area (Å²) in [6.45, 7) is 18.9. The van der Waals surface area contributed by atoms with Crippen molar-refractivity contribution in [1.82, 2.24) is 0 Å². The lowest BCUT2D eigenvalue weighted by Gasteiger charge is -2.36. The lowest BCUT2D eigenvalue weighted by atomic mass is 10.2. The van der Waals surface area contributed by atoms with Gasteiger partial charge in [-0.2, -0.15) is 0 Å². The van der Waals surface area contributed by atoms with Gasteiger partial charge in [0.05, 0.1) is 12.7 Å². The molecule has 0 fully saturated rings. The van der Waals surface area contributed by atoms with Gasteiger partial charge in [-0.3, -0.25) is 0 Å². The first-order chi connectivity index (χ1) is 8.74. The van der Waals surface area contributed by atoms with E-state index in [2.05, 4.69) is 33.9 Å². The van der Waals surface area contributed by atoms with E-state index in [0.29, 0.717) is 6.61 Å². The number of carbonyl (C=O) groups excluding carboxylic acids is 1. The lowest BCUT2D eigenvalue weighted by molar-refractivity contribution is -0.162. The van der Waals surface area contributed by atoms with Crippen molar-refractivity contribution in [2.75, 3.05) is 13.2 Å². The van der Waals surface area contributed by atoms with Crippen molar-refractivity contribution in [3.63, 3.8) is 0 Å². The van der Waals surface area contributed by atoms with Gasteiger partial charge < -0.3 is 13.9 Å². The Labute approximate surface area is 125 Å². The molecule has 1 unspecified atom stereocenters. The molecule has 120 valence electrons. The molecule has 0 saturated carbocycles. The number of hydrogen-bond acceptors (Lipinski definition) is 4. The Morgan fingerprint density at radius 1 is 1.10 bits per heavy atom. The molecule has 0 aromatic heterocycles. The second-order valence-corrected chi connectivity index (χ2v) is 12.6. The number of esters is 1. The van der Waals surface area contributed by atoms with Crippen LogP contribution < -0.4 is 0 Å². The molecule has 0 bridgehead atoms. The average molecular weight is 305 g/mol. The summed E-state index contributed by atoms with van der Waals surface area (Å²) in [6.07, 6.45) is -0.114. The lowest BCUT2D eigenvalue weighted by Crippen LogP contribution is -2.42. The number of rotatable bonds is 6. The predicted molar refractivity (Wildman–Crippen MR) is 84.4 cm³/mol. The second-order valence-electron chi connectivity index (χ2n) is 7.78. The van der Waals surface area contributed by atoms with Gasteiger partial charge in [-0.1, -0.05) is 20.8 Å². The molecule has 20 heavy (non-hydrogen) atoms. The summed E-state index contributed by atoms with van der Waals surface area (Å²) in [5.41, 5.74) is -0.471. The van der Waals surface area contributed by atoms with Gasteiger partial charge in [-0.05, 0) is 45.8 Å². The number of carbonyl (C=O) groups is 1. The first kappa shape index (κ1) is 19.6. The number of hydrogen-bond donors (Lipinski definition) is 0. The van der Waals surface area contributed by atoms with Gasteiger partial charge >= 0.3 is 5.97 Å². The molecule has 0 radical (unpaired) electrons. The van der Waals surface area contributed by atoms with Gasteiger partial charge in [0.2, 0.25) is 0 Å². The largest absolute Gasteiger partial charge is 0.458 e. The van der Waals surface area contributed by atoms with Gasteiger partial charge in [0.25, 0.3) is 0 Å². The quantitative estimate of drug-likeness (QED) is 0.554. The van der Waals surface area contributed by atoms with E-state index in [0.717, 1.165) is 0 Å². The highest BCUT2D eigenvalue weighted by molar-refractivity contribution is 6.74. The van der Waals surface area contributed by atoms with E-state index in [1.54, 1.807) is 0 Å². The van der Waals surface area contributed by atoms with E-state index >= 15 is 0 Å². The minimum atomic E-state index is -1.76. The smallest absolute Gasteiger partial charge is 0.332 e. The van der Waals surface area contributed by atoms with Gasteiger partial charge in [0.15, 0.2) is 8.32 Å². The van der Waals surface area contributed by atoms with E-state index in [1.165, 1.54) is 0 Å². The van der Waals surface area contributed by atoms with Crippen LogP contribution in [0.3, 0.4) is 0 Å². The van der Waals surface area contributed by atoms with Crippen LogP contribution in [-0.2, 0) is 18.7 Å². The fourth-order valence-electron chi connectivity index (χ4n) is 1.17. The Morgan fingerprint density at radius 3 is 2.00 bits per heavy atom. The summed E-state index contributed by atoms with van der Waals surface area (Å²) < 4.78 is 16.7. The van der Waals surface area contributed by atoms with E-state index in [9.17, 15) is 4.79 Å². The van der Waals surface area contributed by atoms with Crippen molar-refractivity contribution < 1.29 is 18.7 Å². The Kier molecular flexibility index (Phi) is 6.91. The normalized spacial score (nSPS) is 15.1. The second kappa shape index (κ2) is 7.05. The van der Waals surface area contributed by atoms with E-state index in [-0.39, 0.29) is 23.7 Å². The summed E-state index contributed by atoms with van der Waals surface area (Å²) in [7, 11) is -1.76. The van der Waals surface area contributed by atoms with Gasteiger partial charge in [-0.25, -0.2) is 4.79 Å². The molecule has 0 aliphatic rings. The molecule has 0 spiro atoms. The maximum atomic E-state index is 11.5. The molecule has 5 heteroatoms. The maximum absolute atomic E-state index is 11.5. The van der Waals surface area contributed by atoms with Crippen molar-refractivity contribution >= 4 is 14.3 Å². The Morgan fingerprint density at radius 2 is 1.60 bits per heavy atom. The standard InChI is InChI=1S/C15H32O4Si/c1-12(10-18-20(8,9)15(5,6)7)17-11-13(16)19-14(2,3)4/h12H,10-11H2,1-9H3. The minimum absolute atomic E-state index is 0.0285. The monoisotopic (exact) mass is 304 g/mol. The van der Waals surface area contributed by atoms with Gasteiger partial charge in [0.1, 0.15) is 12.2 Å². The molecule has 0 aromatic rings. The molecule has 0 rings (SSSR count). The summed E-state index contributed by atoms with van der Waals surface area (Å²) in [5.74, 6) is -0.336. The fraction of sp³-hybridized carbons (Fsp3) is 0.933. The highest BCUT2D eigenvalue weighted by Crippen LogP contribution is 2.36. The highest BCUT2D eigenvalue weighted by Gasteiger charge is 2.37. The summed E-state index contributed by atoms with van der Waals surface area (Å²) >= 11 is 0. The molecule has 0 aliphatic heterocycles. The minimum Gasteiger partial charge on any atom is -0.458 e. The van der Waals surface area contributed by atoms with Crippen LogP contribution in [0.4, 0.5) is 0 Å². The van der Waals surface area contributed by atoms with Crippen molar-refractivity contribution in [1.29, 1.82) is 0 Å². The summed E-state index contributed by atoms with van der Waals surface area (Å²) in [5, 5.41) is 0.178. The van der Waals surface area contributed by atoms with Crippen LogP contribution in [0.1, 0.15) is 48.5 Å². The predicted octanol–water partition coefficient (Wildman–Crippen LogP) is 3.76. The fourth-order valence-corrected chi connectivity index (χ4v) is 2.26. The van der Waals surface area contributed by atoms with Crippen molar-refractivity contribution in [2.45, 2.75) is 78.3 Å². The molecule has 0 amide bonds. The third kappa shape index (κ3) is 8.02. The van der Waals surface area contributed by atoms with Crippen LogP contribution in [0.2, 0.25) is 18.1 Å². The Hall–Kier alpha value is -0.393. The third-order valence-corrected chi connectivity index (χ3v) is 7.89. The molecular weight excluding hydrogens is 272 g/mol. The van der Waals surface area contributed by atoms with Gasteiger partial charge in [-0.15, -0.1) is 0 Å². The van der Waals surface area contributed by atoms with Crippen LogP contribution in [0.15, 0.2) is 0 Å². The molecule has 0 aliphatic carbocycles. The zero-order valence-electron chi connectivity index (χ0n) is 14.6. The molecule has 0 saturated heterocycles. The molecule has 0 heterocycles. The Bertz CT molecular complexity index is 313. The summed E-state index contributed by atoms with van der Waals surface area (Å²) in [6, 6.07) is 0. The topological polar surface area (TPSA) is 44.8 Å². The molecule has 4 nitrogen and oxygen atoms in total. The van der Waals surface area contributed by atoms with Crippen LogP contribution >= 0.6 is 0 Å². The van der Waals surface area contributed by atoms with Gasteiger partial charge in [0, 0.05) is 0 Å². The molecule has 0 aromatic carbocycles. The van der Waals surface area contributed by atoms with Crippen LogP contribution in [0.5, 0.6) is 0 Å². The maximum Gasteiger partial charge on any atom is 0.332 e. The third-order valence-electron chi connectivity index (χ3n) is 3.39. The van der Waals surface area contributed by atoms with Crippen molar-refractivity contribution in [3.8, 4) is 0 Å². The molecule has 0 N–H and O–H groups in total. The van der Waals surface area contributed by atoms with Crippen LogP contribution in [0.25, 0.3) is 0 Å². The van der Waals surface area contributed by atoms with Crippen LogP contribution in [0, 0.1) is 0 Å². The van der Waals surface area contributed by atoms with E-state index in [4.69, 9.17) is 13.9 Å². The number of ether oxygens (including phenoxy) is 2. The van der Waals surface area contributed by atoms with E-state index in [1.807, 2.05) is 27.7 Å². The van der Waals surface area contributed by atoms with Crippen molar-refractivity contribution in [3.05, 3.63) is 0 Å².